The molecule has 0 atom stereocenters. The van der Waals surface area contributed by atoms with E-state index in [-0.39, 0.29) is 16.5 Å². The molecule has 0 spiro atoms. The van der Waals surface area contributed by atoms with E-state index in [2.05, 4.69) is 4.98 Å². The van der Waals surface area contributed by atoms with Gasteiger partial charge < -0.3 is 9.84 Å². The van der Waals surface area contributed by atoms with Gasteiger partial charge in [-0.2, -0.15) is 0 Å². The first kappa shape index (κ1) is 13.6. The van der Waals surface area contributed by atoms with Crippen molar-refractivity contribution < 1.29 is 14.6 Å². The highest BCUT2D eigenvalue weighted by Crippen LogP contribution is 2.32. The second-order valence-electron chi connectivity index (χ2n) is 3.79. The summed E-state index contributed by atoms with van der Waals surface area (Å²) in [4.78, 5) is 15.1. The van der Waals surface area contributed by atoms with E-state index in [1.807, 2.05) is 0 Å². The summed E-state index contributed by atoms with van der Waals surface area (Å²) in [6.07, 6.45) is 1.47. The fourth-order valence-electron chi connectivity index (χ4n) is 1.53. The van der Waals surface area contributed by atoms with Crippen molar-refractivity contribution in [2.45, 2.75) is 6.92 Å². The smallest absolute Gasteiger partial charge is 0.341 e. The number of aromatic carboxylic acids is 1. The molecule has 0 fully saturated rings. The molecule has 4 nitrogen and oxygen atoms in total. The number of hydrogen-bond acceptors (Lipinski definition) is 3. The van der Waals surface area contributed by atoms with E-state index in [1.165, 1.54) is 12.3 Å². The molecule has 0 unspecified atom stereocenters. The van der Waals surface area contributed by atoms with Gasteiger partial charge in [0.1, 0.15) is 11.3 Å². The Hall–Kier alpha value is -1.78. The van der Waals surface area contributed by atoms with Gasteiger partial charge in [0.15, 0.2) is 0 Å². The number of hydrogen-bond donors (Lipinski definition) is 1. The summed E-state index contributed by atoms with van der Waals surface area (Å²) in [5.74, 6) is -0.811. The highest BCUT2D eigenvalue weighted by Gasteiger charge is 2.17. The van der Waals surface area contributed by atoms with Crippen LogP contribution in [0.5, 0.6) is 11.6 Å². The zero-order chi connectivity index (χ0) is 14.0. The number of ether oxygens (including phenoxy) is 1. The second kappa shape index (κ2) is 5.47. The van der Waals surface area contributed by atoms with Crippen LogP contribution in [0.4, 0.5) is 0 Å². The summed E-state index contributed by atoms with van der Waals surface area (Å²) < 4.78 is 5.45. The van der Waals surface area contributed by atoms with Gasteiger partial charge in [-0.25, -0.2) is 9.78 Å². The average molecular weight is 298 g/mol. The van der Waals surface area contributed by atoms with E-state index in [0.29, 0.717) is 16.3 Å². The van der Waals surface area contributed by atoms with Crippen molar-refractivity contribution in [3.63, 3.8) is 0 Å². The monoisotopic (exact) mass is 297 g/mol. The minimum atomic E-state index is -1.11. The predicted octanol–water partition coefficient (Wildman–Crippen LogP) is 4.19. The van der Waals surface area contributed by atoms with Gasteiger partial charge >= 0.3 is 5.97 Å². The lowest BCUT2D eigenvalue weighted by Gasteiger charge is -2.10. The third-order valence-corrected chi connectivity index (χ3v) is 2.97. The van der Waals surface area contributed by atoms with Crippen LogP contribution in [-0.4, -0.2) is 16.1 Å². The maximum Gasteiger partial charge on any atom is 0.341 e. The number of aryl methyl sites for hydroxylation is 1. The molecule has 1 N–H and O–H groups in total. The summed E-state index contributed by atoms with van der Waals surface area (Å²) in [5, 5.41) is 9.91. The Morgan fingerprint density at radius 2 is 2.05 bits per heavy atom. The zero-order valence-electron chi connectivity index (χ0n) is 9.85. The molecule has 0 radical (unpaired) electrons. The van der Waals surface area contributed by atoms with Gasteiger partial charge in [-0.3, -0.25) is 0 Å². The first-order chi connectivity index (χ1) is 8.99. The van der Waals surface area contributed by atoms with Crippen LogP contribution in [0.25, 0.3) is 0 Å². The number of halogens is 2. The average Bonchev–Trinajstić information content (AvgIpc) is 2.32. The summed E-state index contributed by atoms with van der Waals surface area (Å²) in [6.45, 7) is 1.67. The van der Waals surface area contributed by atoms with E-state index >= 15 is 0 Å². The molecule has 0 saturated heterocycles. The van der Waals surface area contributed by atoms with E-state index < -0.39 is 5.97 Å². The molecule has 0 aliphatic rings. The fourth-order valence-corrected chi connectivity index (χ4v) is 1.98. The highest BCUT2D eigenvalue weighted by molar-refractivity contribution is 6.35. The largest absolute Gasteiger partial charge is 0.477 e. The van der Waals surface area contributed by atoms with Crippen LogP contribution in [0.2, 0.25) is 10.0 Å². The van der Waals surface area contributed by atoms with Crippen LogP contribution < -0.4 is 4.74 Å². The van der Waals surface area contributed by atoms with Crippen LogP contribution in [0, 0.1) is 6.92 Å². The minimum Gasteiger partial charge on any atom is -0.477 e. The van der Waals surface area contributed by atoms with Gasteiger partial charge in [-0.05, 0) is 36.8 Å². The molecule has 1 heterocycles. The van der Waals surface area contributed by atoms with Crippen molar-refractivity contribution in [3.05, 3.63) is 51.6 Å². The van der Waals surface area contributed by atoms with Gasteiger partial charge in [0.05, 0.1) is 5.02 Å². The number of benzene rings is 1. The summed E-state index contributed by atoms with van der Waals surface area (Å²) in [6, 6.07) is 6.26. The van der Waals surface area contributed by atoms with E-state index in [4.69, 9.17) is 33.0 Å². The Morgan fingerprint density at radius 1 is 1.32 bits per heavy atom. The van der Waals surface area contributed by atoms with Crippen molar-refractivity contribution >= 4 is 29.2 Å². The molecule has 19 heavy (non-hydrogen) atoms. The van der Waals surface area contributed by atoms with Crippen LogP contribution in [-0.2, 0) is 0 Å². The molecule has 0 amide bonds. The molecule has 1 aromatic carbocycles. The molecule has 6 heteroatoms. The number of rotatable bonds is 3. The molecule has 1 aromatic heterocycles. The maximum absolute atomic E-state index is 11.2. The second-order valence-corrected chi connectivity index (χ2v) is 4.63. The Morgan fingerprint density at radius 3 is 2.68 bits per heavy atom. The quantitative estimate of drug-likeness (QED) is 0.923. The highest BCUT2D eigenvalue weighted by atomic mass is 35.5. The summed E-state index contributed by atoms with van der Waals surface area (Å²) >= 11 is 11.7. The van der Waals surface area contributed by atoms with Crippen molar-refractivity contribution in [1.29, 1.82) is 0 Å². The van der Waals surface area contributed by atoms with Crippen LogP contribution >= 0.6 is 23.2 Å². The first-order valence-corrected chi connectivity index (χ1v) is 6.06. The number of nitrogens with zero attached hydrogens (tertiary/aromatic N) is 1. The molecule has 0 bridgehead atoms. The van der Waals surface area contributed by atoms with Crippen molar-refractivity contribution in [3.8, 4) is 11.6 Å². The molecule has 0 aliphatic carbocycles. The minimum absolute atomic E-state index is 0.00303. The summed E-state index contributed by atoms with van der Waals surface area (Å²) in [7, 11) is 0. The van der Waals surface area contributed by atoms with Crippen LogP contribution in [0.15, 0.2) is 30.5 Å². The number of aromatic nitrogens is 1. The third-order valence-electron chi connectivity index (χ3n) is 2.44. The van der Waals surface area contributed by atoms with Gasteiger partial charge in [0, 0.05) is 11.2 Å². The number of carbonyl (C=O) groups is 1. The Bertz CT molecular complexity index is 644. The van der Waals surface area contributed by atoms with E-state index in [0.717, 1.165) is 0 Å². The molecular formula is C13H9Cl2NO3. The number of carboxylic acid groups (broad SMARTS) is 1. The predicted molar refractivity (Wildman–Crippen MR) is 72.5 cm³/mol. The molecule has 98 valence electrons. The lowest BCUT2D eigenvalue weighted by molar-refractivity contribution is 0.0692. The van der Waals surface area contributed by atoms with Crippen molar-refractivity contribution in [2.24, 2.45) is 0 Å². The topological polar surface area (TPSA) is 59.4 Å². The van der Waals surface area contributed by atoms with Crippen molar-refractivity contribution in [2.75, 3.05) is 0 Å². The third kappa shape index (κ3) is 2.97. The first-order valence-electron chi connectivity index (χ1n) is 5.31. The molecular weight excluding hydrogens is 289 g/mol. The van der Waals surface area contributed by atoms with Gasteiger partial charge in [0.2, 0.25) is 5.88 Å². The summed E-state index contributed by atoms with van der Waals surface area (Å²) in [5.41, 5.74) is 0.566. The van der Waals surface area contributed by atoms with Gasteiger partial charge in [-0.1, -0.05) is 23.2 Å². The molecule has 0 aliphatic heterocycles. The zero-order valence-corrected chi connectivity index (χ0v) is 11.4. The van der Waals surface area contributed by atoms with Crippen LogP contribution in [0.3, 0.4) is 0 Å². The standard InChI is InChI=1S/C13H9Cl2NO3/c1-7-4-5-16-12(11(7)13(17)18)19-10-3-2-8(14)6-9(10)15/h2-6H,1H3,(H,17,18). The Labute approximate surface area is 119 Å². The maximum atomic E-state index is 11.2. The van der Waals surface area contributed by atoms with Crippen LogP contribution in [0.1, 0.15) is 15.9 Å². The van der Waals surface area contributed by atoms with Crippen molar-refractivity contribution in [1.82, 2.24) is 4.98 Å². The fraction of sp³-hybridized carbons (Fsp3) is 0.0769. The molecule has 2 aromatic rings. The lowest BCUT2D eigenvalue weighted by Crippen LogP contribution is -2.04. The van der Waals surface area contributed by atoms with Gasteiger partial charge in [-0.15, -0.1) is 0 Å². The Balaban J connectivity index is 2.44. The number of carboxylic acids is 1. The Kier molecular flexibility index (Phi) is 3.93. The molecule has 0 saturated carbocycles. The van der Waals surface area contributed by atoms with E-state index in [1.54, 1.807) is 25.1 Å². The lowest BCUT2D eigenvalue weighted by atomic mass is 10.1. The SMILES string of the molecule is Cc1ccnc(Oc2ccc(Cl)cc2Cl)c1C(=O)O. The normalized spacial score (nSPS) is 10.3. The number of pyridine rings is 1. The molecule has 2 rings (SSSR count). The van der Waals surface area contributed by atoms with E-state index in [9.17, 15) is 4.79 Å². The van der Waals surface area contributed by atoms with Gasteiger partial charge in [0.25, 0.3) is 0 Å².